The molecule has 6 nitrogen and oxygen atoms in total. The zero-order valence-corrected chi connectivity index (χ0v) is 16.8. The summed E-state index contributed by atoms with van der Waals surface area (Å²) in [6.45, 7) is 9.64. The number of amides is 1. The van der Waals surface area contributed by atoms with Gasteiger partial charge in [0.05, 0.1) is 23.1 Å². The van der Waals surface area contributed by atoms with Crippen molar-refractivity contribution in [2.45, 2.75) is 39.7 Å². The number of aromatic nitrogens is 4. The molecule has 0 saturated carbocycles. The second-order valence-corrected chi connectivity index (χ2v) is 7.81. The van der Waals surface area contributed by atoms with Crippen molar-refractivity contribution in [3.63, 3.8) is 0 Å². The highest BCUT2D eigenvalue weighted by Gasteiger charge is 2.33. The lowest BCUT2D eigenvalue weighted by Crippen LogP contribution is -2.51. The van der Waals surface area contributed by atoms with E-state index in [1.165, 1.54) is 0 Å². The molecule has 1 aliphatic rings. The van der Waals surface area contributed by atoms with Gasteiger partial charge in [0.25, 0.3) is 5.91 Å². The molecule has 4 rings (SSSR count). The summed E-state index contributed by atoms with van der Waals surface area (Å²) in [6, 6.07) is 13.9. The number of aryl methyl sites for hydroxylation is 2. The Bertz CT molecular complexity index is 983. The van der Waals surface area contributed by atoms with Crippen molar-refractivity contribution in [1.82, 2.24) is 24.9 Å². The fraction of sp³-hybridized carbons (Fsp3) is 0.364. The lowest BCUT2D eigenvalue weighted by Gasteiger charge is -2.39. The number of likely N-dealkylation sites (tertiary alicyclic amines) is 1. The third kappa shape index (κ3) is 3.42. The molecular formula is C22H25N5O. The van der Waals surface area contributed by atoms with Crippen LogP contribution in [0.1, 0.15) is 53.2 Å². The van der Waals surface area contributed by atoms with Crippen LogP contribution in [0.2, 0.25) is 0 Å². The van der Waals surface area contributed by atoms with Gasteiger partial charge in [-0.05, 0) is 50.1 Å². The summed E-state index contributed by atoms with van der Waals surface area (Å²) >= 11 is 0. The molecule has 1 amide bonds. The zero-order chi connectivity index (χ0) is 19.8. The molecule has 2 aromatic heterocycles. The predicted molar refractivity (Wildman–Crippen MR) is 108 cm³/mol. The van der Waals surface area contributed by atoms with Crippen LogP contribution in [0.5, 0.6) is 0 Å². The first kappa shape index (κ1) is 18.3. The number of rotatable bonds is 4. The minimum Gasteiger partial charge on any atom is -0.334 e. The minimum atomic E-state index is 0.0607. The lowest BCUT2D eigenvalue weighted by molar-refractivity contribution is 0.0497. The first-order valence-electron chi connectivity index (χ1n) is 9.68. The van der Waals surface area contributed by atoms with Crippen LogP contribution in [-0.2, 0) is 0 Å². The maximum atomic E-state index is 12.7. The second-order valence-electron chi connectivity index (χ2n) is 7.81. The normalized spacial score (nSPS) is 14.4. The van der Waals surface area contributed by atoms with Crippen molar-refractivity contribution in [3.8, 4) is 11.3 Å². The summed E-state index contributed by atoms with van der Waals surface area (Å²) < 4.78 is 2.03. The van der Waals surface area contributed by atoms with E-state index < -0.39 is 0 Å². The Morgan fingerprint density at radius 1 is 1.04 bits per heavy atom. The molecule has 0 bridgehead atoms. The van der Waals surface area contributed by atoms with E-state index in [0.29, 0.717) is 24.6 Å². The maximum Gasteiger partial charge on any atom is 0.253 e. The molecule has 0 unspecified atom stereocenters. The number of hydrogen-bond acceptors (Lipinski definition) is 4. The van der Waals surface area contributed by atoms with Crippen LogP contribution in [0, 0.1) is 13.8 Å². The molecule has 1 aliphatic heterocycles. The number of nitrogens with zero attached hydrogens (tertiary/aromatic N) is 5. The number of benzene rings is 1. The lowest BCUT2D eigenvalue weighted by atomic mass is 10.0. The molecule has 3 heterocycles. The third-order valence-corrected chi connectivity index (χ3v) is 5.24. The Morgan fingerprint density at radius 2 is 1.75 bits per heavy atom. The highest BCUT2D eigenvalue weighted by atomic mass is 16.2. The van der Waals surface area contributed by atoms with Gasteiger partial charge in [-0.3, -0.25) is 9.48 Å². The van der Waals surface area contributed by atoms with E-state index in [0.717, 1.165) is 28.3 Å². The van der Waals surface area contributed by atoms with Gasteiger partial charge in [-0.15, -0.1) is 0 Å². The van der Waals surface area contributed by atoms with Crippen LogP contribution in [0.15, 0.2) is 42.5 Å². The summed E-state index contributed by atoms with van der Waals surface area (Å²) in [6.07, 6.45) is 0. The van der Waals surface area contributed by atoms with E-state index in [1.54, 1.807) is 0 Å². The topological polar surface area (TPSA) is 63.9 Å². The Kier molecular flexibility index (Phi) is 4.71. The number of carbonyl (C=O) groups is 1. The molecule has 0 radical (unpaired) electrons. The van der Waals surface area contributed by atoms with Crippen LogP contribution < -0.4 is 0 Å². The Labute approximate surface area is 165 Å². The van der Waals surface area contributed by atoms with Crippen LogP contribution >= 0.6 is 0 Å². The molecule has 28 heavy (non-hydrogen) atoms. The summed E-state index contributed by atoms with van der Waals surface area (Å²) in [5.41, 5.74) is 5.61. The van der Waals surface area contributed by atoms with Crippen LogP contribution in [-0.4, -0.2) is 43.9 Å². The van der Waals surface area contributed by atoms with Gasteiger partial charge in [0, 0.05) is 29.9 Å². The fourth-order valence-corrected chi connectivity index (χ4v) is 3.56. The molecule has 1 aromatic carbocycles. The Morgan fingerprint density at radius 3 is 2.29 bits per heavy atom. The first-order chi connectivity index (χ1) is 13.4. The van der Waals surface area contributed by atoms with Crippen molar-refractivity contribution < 1.29 is 4.79 Å². The quantitative estimate of drug-likeness (QED) is 0.696. The molecule has 0 N–H and O–H groups in total. The van der Waals surface area contributed by atoms with Crippen molar-refractivity contribution in [2.75, 3.05) is 13.1 Å². The van der Waals surface area contributed by atoms with Crippen molar-refractivity contribution in [3.05, 3.63) is 65.1 Å². The van der Waals surface area contributed by atoms with Crippen molar-refractivity contribution >= 4 is 5.91 Å². The largest absolute Gasteiger partial charge is 0.334 e. The third-order valence-electron chi connectivity index (χ3n) is 5.24. The zero-order valence-electron chi connectivity index (χ0n) is 16.8. The Balaban J connectivity index is 1.41. The Hall–Kier alpha value is -3.02. The minimum absolute atomic E-state index is 0.0607. The van der Waals surface area contributed by atoms with Gasteiger partial charge in [0.15, 0.2) is 0 Å². The van der Waals surface area contributed by atoms with E-state index in [2.05, 4.69) is 42.1 Å². The molecule has 0 atom stereocenters. The van der Waals surface area contributed by atoms with Crippen LogP contribution in [0.4, 0.5) is 0 Å². The average Bonchev–Trinajstić information content (AvgIpc) is 2.98. The first-order valence-corrected chi connectivity index (χ1v) is 9.68. The van der Waals surface area contributed by atoms with Gasteiger partial charge in [-0.25, -0.2) is 0 Å². The summed E-state index contributed by atoms with van der Waals surface area (Å²) in [7, 11) is 0. The molecule has 144 valence electrons. The standard InChI is InChI=1S/C22H25N5O/c1-14(2)20-9-10-21(24-23-20)17-5-7-18(8-6-17)22(28)26-12-19(13-26)27-16(4)11-15(3)25-27/h5-11,14,19H,12-13H2,1-4H3. The summed E-state index contributed by atoms with van der Waals surface area (Å²) in [5, 5.41) is 13.1. The molecule has 0 aliphatic carbocycles. The highest BCUT2D eigenvalue weighted by Crippen LogP contribution is 2.25. The van der Waals surface area contributed by atoms with Crippen molar-refractivity contribution in [2.24, 2.45) is 0 Å². The molecule has 1 saturated heterocycles. The van der Waals surface area contributed by atoms with Crippen LogP contribution in [0.3, 0.4) is 0 Å². The van der Waals surface area contributed by atoms with E-state index in [9.17, 15) is 4.79 Å². The molecule has 1 fully saturated rings. The van der Waals surface area contributed by atoms with Gasteiger partial charge in [-0.1, -0.05) is 26.0 Å². The van der Waals surface area contributed by atoms with Crippen LogP contribution in [0.25, 0.3) is 11.3 Å². The van der Waals surface area contributed by atoms with E-state index in [4.69, 9.17) is 0 Å². The highest BCUT2D eigenvalue weighted by molar-refractivity contribution is 5.95. The number of hydrogen-bond donors (Lipinski definition) is 0. The molecular weight excluding hydrogens is 350 g/mol. The summed E-state index contributed by atoms with van der Waals surface area (Å²) in [5.74, 6) is 0.418. The van der Waals surface area contributed by atoms with Crippen molar-refractivity contribution in [1.29, 1.82) is 0 Å². The smallest absolute Gasteiger partial charge is 0.253 e. The van der Waals surface area contributed by atoms with Gasteiger partial charge in [0.2, 0.25) is 0 Å². The SMILES string of the molecule is Cc1cc(C)n(C2CN(C(=O)c3ccc(-c4ccc(C(C)C)nn4)cc3)C2)n1. The van der Waals surface area contributed by atoms with Gasteiger partial charge in [-0.2, -0.15) is 15.3 Å². The van der Waals surface area contributed by atoms with E-state index in [-0.39, 0.29) is 11.9 Å². The number of carbonyl (C=O) groups excluding carboxylic acids is 1. The summed E-state index contributed by atoms with van der Waals surface area (Å²) in [4.78, 5) is 14.6. The monoisotopic (exact) mass is 375 g/mol. The van der Waals surface area contributed by atoms with Gasteiger partial charge in [0.1, 0.15) is 0 Å². The molecule has 0 spiro atoms. The van der Waals surface area contributed by atoms with Gasteiger partial charge < -0.3 is 4.90 Å². The average molecular weight is 375 g/mol. The fourth-order valence-electron chi connectivity index (χ4n) is 3.56. The predicted octanol–water partition coefficient (Wildman–Crippen LogP) is 3.78. The van der Waals surface area contributed by atoms with E-state index in [1.807, 2.05) is 52.9 Å². The molecule has 3 aromatic rings. The second kappa shape index (κ2) is 7.19. The molecule has 6 heteroatoms. The van der Waals surface area contributed by atoms with Gasteiger partial charge >= 0.3 is 0 Å². The maximum absolute atomic E-state index is 12.7. The van der Waals surface area contributed by atoms with E-state index >= 15 is 0 Å².